The van der Waals surface area contributed by atoms with Crippen molar-refractivity contribution in [2.24, 2.45) is 0 Å². The zero-order valence-electron chi connectivity index (χ0n) is 14.2. The van der Waals surface area contributed by atoms with Gasteiger partial charge >= 0.3 is 0 Å². The topological polar surface area (TPSA) is 60.9 Å². The van der Waals surface area contributed by atoms with Crippen molar-refractivity contribution in [3.05, 3.63) is 65.7 Å². The lowest BCUT2D eigenvalue weighted by atomic mass is 10.1. The molecule has 0 unspecified atom stereocenters. The molecule has 2 aromatic rings. The average Bonchev–Trinajstić information content (AvgIpc) is 2.64. The maximum absolute atomic E-state index is 12.8. The summed E-state index contributed by atoms with van der Waals surface area (Å²) >= 11 is 0. The van der Waals surface area contributed by atoms with Crippen molar-refractivity contribution >= 4 is 10.0 Å². The van der Waals surface area contributed by atoms with Crippen LogP contribution in [0.5, 0.6) is 0 Å². The Labute approximate surface area is 149 Å². The van der Waals surface area contributed by atoms with Gasteiger partial charge in [0, 0.05) is 32.7 Å². The third-order valence-electron chi connectivity index (χ3n) is 4.56. The summed E-state index contributed by atoms with van der Waals surface area (Å²) in [7, 11) is -3.45. The minimum absolute atomic E-state index is 0.107. The number of hydrogen-bond donors (Lipinski definition) is 1. The number of aliphatic hydroxyl groups excluding tert-OH is 1. The van der Waals surface area contributed by atoms with Gasteiger partial charge < -0.3 is 5.11 Å². The average molecular weight is 360 g/mol. The van der Waals surface area contributed by atoms with Gasteiger partial charge in [0.1, 0.15) is 0 Å². The smallest absolute Gasteiger partial charge is 0.243 e. The van der Waals surface area contributed by atoms with Gasteiger partial charge in [-0.3, -0.25) is 4.90 Å². The van der Waals surface area contributed by atoms with E-state index in [1.165, 1.54) is 9.87 Å². The number of nitrogens with zero attached hydrogens (tertiary/aromatic N) is 2. The predicted octanol–water partition coefficient (Wildman–Crippen LogP) is 1.58. The Morgan fingerprint density at radius 3 is 2.04 bits per heavy atom. The molecular weight excluding hydrogens is 336 g/mol. The molecule has 0 bridgehead atoms. The molecule has 1 fully saturated rings. The molecule has 1 saturated heterocycles. The molecule has 25 heavy (non-hydrogen) atoms. The van der Waals surface area contributed by atoms with Crippen LogP contribution in [0.3, 0.4) is 0 Å². The Kier molecular flexibility index (Phi) is 5.86. The lowest BCUT2D eigenvalue weighted by Gasteiger charge is -2.33. The van der Waals surface area contributed by atoms with Gasteiger partial charge in [0.15, 0.2) is 0 Å². The lowest BCUT2D eigenvalue weighted by molar-refractivity contribution is 0.151. The van der Waals surface area contributed by atoms with E-state index in [9.17, 15) is 8.42 Å². The van der Waals surface area contributed by atoms with Crippen LogP contribution in [0.25, 0.3) is 0 Å². The standard InChI is InChI=1S/C19H24N2O3S/c22-15-14-20-10-12-21(13-11-20)25(23,24)19-8-6-18(7-9-19)16-17-4-2-1-3-5-17/h1-9,22H,10-16H2. The van der Waals surface area contributed by atoms with E-state index in [2.05, 4.69) is 17.0 Å². The van der Waals surface area contributed by atoms with Crippen molar-refractivity contribution in [3.8, 4) is 0 Å². The van der Waals surface area contributed by atoms with Crippen LogP contribution in [0.1, 0.15) is 11.1 Å². The van der Waals surface area contributed by atoms with Gasteiger partial charge in [-0.25, -0.2) is 8.42 Å². The molecular formula is C19H24N2O3S. The molecule has 6 heteroatoms. The van der Waals surface area contributed by atoms with Crippen LogP contribution in [0.2, 0.25) is 0 Å². The van der Waals surface area contributed by atoms with Crippen molar-refractivity contribution in [2.75, 3.05) is 39.3 Å². The number of piperazine rings is 1. The fourth-order valence-electron chi connectivity index (χ4n) is 3.09. The molecule has 1 aliphatic heterocycles. The molecule has 1 heterocycles. The highest BCUT2D eigenvalue weighted by Gasteiger charge is 2.28. The van der Waals surface area contributed by atoms with Gasteiger partial charge in [0.05, 0.1) is 11.5 Å². The minimum Gasteiger partial charge on any atom is -0.395 e. The fourth-order valence-corrected chi connectivity index (χ4v) is 4.52. The van der Waals surface area contributed by atoms with Gasteiger partial charge in [0.25, 0.3) is 0 Å². The van der Waals surface area contributed by atoms with Crippen LogP contribution in [0.15, 0.2) is 59.5 Å². The Bertz CT molecular complexity index is 768. The zero-order valence-corrected chi connectivity index (χ0v) is 15.0. The van der Waals surface area contributed by atoms with Crippen molar-refractivity contribution in [2.45, 2.75) is 11.3 Å². The normalized spacial score (nSPS) is 16.8. The van der Waals surface area contributed by atoms with Crippen LogP contribution in [0, 0.1) is 0 Å². The zero-order chi connectivity index (χ0) is 17.7. The number of benzene rings is 2. The Balaban J connectivity index is 1.67. The molecule has 0 amide bonds. The fraction of sp³-hybridized carbons (Fsp3) is 0.368. The summed E-state index contributed by atoms with van der Waals surface area (Å²) in [6, 6.07) is 17.3. The van der Waals surface area contributed by atoms with E-state index in [1.54, 1.807) is 12.1 Å². The summed E-state index contributed by atoms with van der Waals surface area (Å²) in [5.41, 5.74) is 2.30. The SMILES string of the molecule is O=S(=O)(c1ccc(Cc2ccccc2)cc1)N1CCN(CCO)CC1. The van der Waals surface area contributed by atoms with E-state index in [0.717, 1.165) is 12.0 Å². The first-order valence-corrected chi connectivity index (χ1v) is 10.00. The highest BCUT2D eigenvalue weighted by atomic mass is 32.2. The largest absolute Gasteiger partial charge is 0.395 e. The Morgan fingerprint density at radius 2 is 1.44 bits per heavy atom. The molecule has 0 radical (unpaired) electrons. The minimum atomic E-state index is -3.45. The molecule has 0 aliphatic carbocycles. The highest BCUT2D eigenvalue weighted by Crippen LogP contribution is 2.19. The second-order valence-electron chi connectivity index (χ2n) is 6.28. The summed E-state index contributed by atoms with van der Waals surface area (Å²) < 4.78 is 27.1. The van der Waals surface area contributed by atoms with Crippen LogP contribution in [-0.2, 0) is 16.4 Å². The van der Waals surface area contributed by atoms with E-state index in [4.69, 9.17) is 5.11 Å². The lowest BCUT2D eigenvalue weighted by Crippen LogP contribution is -2.49. The second kappa shape index (κ2) is 8.10. The molecule has 1 aliphatic rings. The molecule has 0 saturated carbocycles. The molecule has 2 aromatic carbocycles. The highest BCUT2D eigenvalue weighted by molar-refractivity contribution is 7.89. The maximum atomic E-state index is 12.8. The van der Waals surface area contributed by atoms with Crippen molar-refractivity contribution in [1.82, 2.24) is 9.21 Å². The predicted molar refractivity (Wildman–Crippen MR) is 98.0 cm³/mol. The molecule has 5 nitrogen and oxygen atoms in total. The number of sulfonamides is 1. The van der Waals surface area contributed by atoms with E-state index in [-0.39, 0.29) is 6.61 Å². The van der Waals surface area contributed by atoms with Gasteiger partial charge in [-0.2, -0.15) is 4.31 Å². The Hall–Kier alpha value is -1.73. The van der Waals surface area contributed by atoms with E-state index in [0.29, 0.717) is 37.6 Å². The van der Waals surface area contributed by atoms with Crippen LogP contribution in [-0.4, -0.2) is 62.1 Å². The summed E-state index contributed by atoms with van der Waals surface area (Å²) in [6.07, 6.45) is 0.793. The van der Waals surface area contributed by atoms with E-state index in [1.807, 2.05) is 30.3 Å². The quantitative estimate of drug-likeness (QED) is 0.850. The van der Waals surface area contributed by atoms with Crippen molar-refractivity contribution < 1.29 is 13.5 Å². The number of aliphatic hydroxyl groups is 1. The van der Waals surface area contributed by atoms with Gasteiger partial charge in [-0.15, -0.1) is 0 Å². The molecule has 3 rings (SSSR count). The third kappa shape index (κ3) is 4.46. The first-order valence-electron chi connectivity index (χ1n) is 8.56. The summed E-state index contributed by atoms with van der Waals surface area (Å²) in [5.74, 6) is 0. The molecule has 0 spiro atoms. The number of hydrogen-bond acceptors (Lipinski definition) is 4. The first-order chi connectivity index (χ1) is 12.1. The molecule has 0 atom stereocenters. The summed E-state index contributed by atoms with van der Waals surface area (Å²) in [5, 5.41) is 8.98. The summed E-state index contributed by atoms with van der Waals surface area (Å²) in [4.78, 5) is 2.43. The maximum Gasteiger partial charge on any atom is 0.243 e. The monoisotopic (exact) mass is 360 g/mol. The van der Waals surface area contributed by atoms with E-state index >= 15 is 0 Å². The molecule has 134 valence electrons. The van der Waals surface area contributed by atoms with Crippen LogP contribution < -0.4 is 0 Å². The van der Waals surface area contributed by atoms with Gasteiger partial charge in [0.2, 0.25) is 10.0 Å². The molecule has 1 N–H and O–H groups in total. The first kappa shape index (κ1) is 18.1. The second-order valence-corrected chi connectivity index (χ2v) is 8.21. The van der Waals surface area contributed by atoms with Gasteiger partial charge in [-0.05, 0) is 29.7 Å². The summed E-state index contributed by atoms with van der Waals surface area (Å²) in [6.45, 7) is 2.96. The third-order valence-corrected chi connectivity index (χ3v) is 6.47. The van der Waals surface area contributed by atoms with Crippen molar-refractivity contribution in [3.63, 3.8) is 0 Å². The van der Waals surface area contributed by atoms with Crippen LogP contribution >= 0.6 is 0 Å². The number of rotatable bonds is 6. The Morgan fingerprint density at radius 1 is 0.840 bits per heavy atom. The van der Waals surface area contributed by atoms with E-state index < -0.39 is 10.0 Å². The van der Waals surface area contributed by atoms with Crippen LogP contribution in [0.4, 0.5) is 0 Å². The molecule has 0 aromatic heterocycles. The number of β-amino-alcohol motifs (C(OH)–C–C–N with tert-alkyl or cyclic N) is 1. The van der Waals surface area contributed by atoms with Crippen molar-refractivity contribution in [1.29, 1.82) is 0 Å². The van der Waals surface area contributed by atoms with Gasteiger partial charge in [-0.1, -0.05) is 42.5 Å².